The molecule has 61 heavy (non-hydrogen) atoms. The minimum atomic E-state index is -0.0887. The fraction of sp³-hybridized carbons (Fsp3) is 0.0526. The van der Waals surface area contributed by atoms with Crippen LogP contribution in [0.2, 0.25) is 0 Å². The van der Waals surface area contributed by atoms with Gasteiger partial charge in [-0.15, -0.1) is 0 Å². The maximum atomic E-state index is 5.37. The summed E-state index contributed by atoms with van der Waals surface area (Å²) in [6.07, 6.45) is 0. The normalized spacial score (nSPS) is 12.9. The highest BCUT2D eigenvalue weighted by Gasteiger charge is 2.35. The van der Waals surface area contributed by atoms with E-state index in [1.54, 1.807) is 0 Å². The summed E-state index contributed by atoms with van der Waals surface area (Å²) in [6, 6.07) is 74.2. The molecule has 0 atom stereocenters. The molecular weight excluding hydrogens is 741 g/mol. The zero-order chi connectivity index (χ0) is 40.7. The van der Waals surface area contributed by atoms with Crippen LogP contribution >= 0.6 is 0 Å². The van der Waals surface area contributed by atoms with Gasteiger partial charge < -0.3 is 4.57 Å². The van der Waals surface area contributed by atoms with Crippen LogP contribution in [0.25, 0.3) is 82.7 Å². The fourth-order valence-electron chi connectivity index (χ4n) is 9.85. The molecule has 1 aliphatic carbocycles. The molecule has 4 nitrogen and oxygen atoms in total. The predicted molar refractivity (Wildman–Crippen MR) is 255 cm³/mol. The minimum Gasteiger partial charge on any atom is -0.309 e. The number of fused-ring (bicyclic) bond motifs is 8. The van der Waals surface area contributed by atoms with Gasteiger partial charge in [-0.3, -0.25) is 4.90 Å². The lowest BCUT2D eigenvalue weighted by Gasteiger charge is -2.25. The highest BCUT2D eigenvalue weighted by atomic mass is 15.3. The smallest absolute Gasteiger partial charge is 0.235 e. The van der Waals surface area contributed by atoms with Crippen molar-refractivity contribution in [2.75, 3.05) is 4.90 Å². The third kappa shape index (κ3) is 5.53. The second-order valence-corrected chi connectivity index (χ2v) is 16.6. The standard InChI is InChI=1S/C57H40N4/c1-57(2)50-26-14-11-23-44(50)45-31-30-41(36-51(45)57)61-53-28-16-13-24-46(53)49-34-39(29-32-54(49)61)48-35-42(33-38-19-9-10-22-43(38)48)60(40-20-7-4-8-21-40)56-58-52-27-15-12-25-47(52)55(59-56)37-17-5-3-6-18-37/h3-36H,1-2H3. The highest BCUT2D eigenvalue weighted by molar-refractivity contribution is 6.12. The average molecular weight is 781 g/mol. The summed E-state index contributed by atoms with van der Waals surface area (Å²) in [4.78, 5) is 12.8. The summed E-state index contributed by atoms with van der Waals surface area (Å²) >= 11 is 0. The van der Waals surface area contributed by atoms with Crippen LogP contribution in [0, 0.1) is 0 Å². The van der Waals surface area contributed by atoms with Gasteiger partial charge in [0.2, 0.25) is 5.95 Å². The van der Waals surface area contributed by atoms with Crippen LogP contribution in [0.1, 0.15) is 25.0 Å². The molecule has 0 amide bonds. The van der Waals surface area contributed by atoms with E-state index in [4.69, 9.17) is 9.97 Å². The topological polar surface area (TPSA) is 34.0 Å². The van der Waals surface area contributed by atoms with Crippen molar-refractivity contribution in [3.63, 3.8) is 0 Å². The van der Waals surface area contributed by atoms with Gasteiger partial charge in [0.15, 0.2) is 0 Å². The van der Waals surface area contributed by atoms with Gasteiger partial charge in [0.25, 0.3) is 0 Å². The van der Waals surface area contributed by atoms with Crippen LogP contribution in [0.15, 0.2) is 206 Å². The third-order valence-corrected chi connectivity index (χ3v) is 12.8. The molecular formula is C57H40N4. The molecule has 2 heterocycles. The number of para-hydroxylation sites is 3. The van der Waals surface area contributed by atoms with E-state index < -0.39 is 0 Å². The van der Waals surface area contributed by atoms with Gasteiger partial charge in [-0.2, -0.15) is 0 Å². The summed E-state index contributed by atoms with van der Waals surface area (Å²) in [5.41, 5.74) is 16.0. The Kier molecular flexibility index (Phi) is 7.85. The largest absolute Gasteiger partial charge is 0.309 e. The molecule has 0 aliphatic heterocycles. The van der Waals surface area contributed by atoms with Gasteiger partial charge in [-0.25, -0.2) is 9.97 Å². The molecule has 12 rings (SSSR count). The van der Waals surface area contributed by atoms with Crippen LogP contribution in [0.4, 0.5) is 17.3 Å². The Balaban J connectivity index is 1.06. The Morgan fingerprint density at radius 1 is 0.426 bits per heavy atom. The van der Waals surface area contributed by atoms with Gasteiger partial charge in [-0.1, -0.05) is 159 Å². The minimum absolute atomic E-state index is 0.0887. The van der Waals surface area contributed by atoms with E-state index in [9.17, 15) is 0 Å². The molecule has 0 bridgehead atoms. The summed E-state index contributed by atoms with van der Waals surface area (Å²) < 4.78 is 2.45. The lowest BCUT2D eigenvalue weighted by Crippen LogP contribution is -2.15. The maximum absolute atomic E-state index is 5.37. The molecule has 9 aromatic carbocycles. The highest BCUT2D eigenvalue weighted by Crippen LogP contribution is 2.50. The van der Waals surface area contributed by atoms with Gasteiger partial charge in [0.05, 0.1) is 27.9 Å². The Labute approximate surface area is 354 Å². The quantitative estimate of drug-likeness (QED) is 0.169. The van der Waals surface area contributed by atoms with E-state index in [0.29, 0.717) is 5.95 Å². The maximum Gasteiger partial charge on any atom is 0.235 e. The Hall–Kier alpha value is -7.82. The van der Waals surface area contributed by atoms with Crippen molar-refractivity contribution in [3.05, 3.63) is 217 Å². The van der Waals surface area contributed by atoms with Crippen LogP contribution in [0.3, 0.4) is 0 Å². The van der Waals surface area contributed by atoms with Crippen LogP contribution in [0.5, 0.6) is 0 Å². The van der Waals surface area contributed by atoms with Crippen molar-refractivity contribution in [1.29, 1.82) is 0 Å². The van der Waals surface area contributed by atoms with Crippen molar-refractivity contribution in [3.8, 4) is 39.2 Å². The van der Waals surface area contributed by atoms with Crippen molar-refractivity contribution < 1.29 is 0 Å². The van der Waals surface area contributed by atoms with Gasteiger partial charge in [0.1, 0.15) is 0 Å². The van der Waals surface area contributed by atoms with Crippen LogP contribution < -0.4 is 4.90 Å². The van der Waals surface area contributed by atoms with Crippen LogP contribution in [-0.2, 0) is 5.41 Å². The van der Waals surface area contributed by atoms with E-state index in [1.807, 2.05) is 12.1 Å². The predicted octanol–water partition coefficient (Wildman–Crippen LogP) is 15.0. The summed E-state index contributed by atoms with van der Waals surface area (Å²) in [6.45, 7) is 4.70. The van der Waals surface area contributed by atoms with E-state index in [-0.39, 0.29) is 5.41 Å². The number of aromatic nitrogens is 3. The Morgan fingerprint density at radius 2 is 1.10 bits per heavy atom. The number of nitrogens with zero attached hydrogens (tertiary/aromatic N) is 4. The molecule has 11 aromatic rings. The second kappa shape index (κ2) is 13.6. The monoisotopic (exact) mass is 780 g/mol. The van der Waals surface area contributed by atoms with Crippen molar-refractivity contribution >= 4 is 60.8 Å². The average Bonchev–Trinajstić information content (AvgIpc) is 3.76. The van der Waals surface area contributed by atoms with E-state index >= 15 is 0 Å². The van der Waals surface area contributed by atoms with Gasteiger partial charge in [0, 0.05) is 38.5 Å². The molecule has 1 aliphatic rings. The molecule has 0 unspecified atom stereocenters. The summed E-state index contributed by atoms with van der Waals surface area (Å²) in [5.74, 6) is 0.615. The first-order chi connectivity index (χ1) is 30.0. The first-order valence-electron chi connectivity index (χ1n) is 21.0. The second-order valence-electron chi connectivity index (χ2n) is 16.6. The van der Waals surface area contributed by atoms with E-state index in [0.717, 1.165) is 50.0 Å². The molecule has 0 spiro atoms. The van der Waals surface area contributed by atoms with E-state index in [2.05, 4.69) is 217 Å². The van der Waals surface area contributed by atoms with Crippen molar-refractivity contribution in [1.82, 2.24) is 14.5 Å². The third-order valence-electron chi connectivity index (χ3n) is 12.8. The molecule has 288 valence electrons. The van der Waals surface area contributed by atoms with Crippen molar-refractivity contribution in [2.45, 2.75) is 19.3 Å². The number of hydrogen-bond donors (Lipinski definition) is 0. The first kappa shape index (κ1) is 35.2. The molecule has 0 saturated heterocycles. The first-order valence-corrected chi connectivity index (χ1v) is 21.0. The molecule has 0 radical (unpaired) electrons. The van der Waals surface area contributed by atoms with Crippen LogP contribution in [-0.4, -0.2) is 14.5 Å². The SMILES string of the molecule is CC1(C)c2ccccc2-c2ccc(-n3c4ccccc4c4cc(-c5cc(N(c6ccccc6)c6nc(-c7ccccc7)c7ccccc7n6)cc6ccccc56)ccc43)cc21. The summed E-state index contributed by atoms with van der Waals surface area (Å²) in [5, 5.41) is 5.80. The molecule has 0 fully saturated rings. The number of anilines is 3. The number of rotatable bonds is 6. The zero-order valence-corrected chi connectivity index (χ0v) is 33.9. The molecule has 2 aromatic heterocycles. The molecule has 0 N–H and O–H groups in total. The van der Waals surface area contributed by atoms with Gasteiger partial charge >= 0.3 is 0 Å². The fourth-order valence-corrected chi connectivity index (χ4v) is 9.85. The lowest BCUT2D eigenvalue weighted by molar-refractivity contribution is 0.660. The molecule has 4 heteroatoms. The van der Waals surface area contributed by atoms with E-state index in [1.165, 1.54) is 55.1 Å². The van der Waals surface area contributed by atoms with Gasteiger partial charge in [-0.05, 0) is 105 Å². The Morgan fingerprint density at radius 3 is 1.95 bits per heavy atom. The summed E-state index contributed by atoms with van der Waals surface area (Å²) in [7, 11) is 0. The molecule has 0 saturated carbocycles. The van der Waals surface area contributed by atoms with Crippen molar-refractivity contribution in [2.24, 2.45) is 0 Å². The Bertz CT molecular complexity index is 3510. The number of benzene rings is 9. The lowest BCUT2D eigenvalue weighted by atomic mass is 9.82. The number of hydrogen-bond acceptors (Lipinski definition) is 3. The zero-order valence-electron chi connectivity index (χ0n) is 33.9.